The first-order chi connectivity index (χ1) is 8.67. The molecular formula is C12H11N5O. The second kappa shape index (κ2) is 5.05. The Morgan fingerprint density at radius 3 is 1.94 bits per heavy atom. The Bertz CT molecular complexity index is 572. The van der Waals surface area contributed by atoms with Crippen molar-refractivity contribution in [2.45, 2.75) is 0 Å². The molecule has 90 valence electrons. The number of aromatic nitrogens is 3. The van der Waals surface area contributed by atoms with E-state index in [0.29, 0.717) is 11.4 Å². The molecule has 18 heavy (non-hydrogen) atoms. The number of carbonyl (C=O) groups is 1. The zero-order valence-corrected chi connectivity index (χ0v) is 9.45. The molecule has 1 aromatic heterocycles. The fraction of sp³-hybridized carbons (Fsp3) is 0. The Morgan fingerprint density at radius 1 is 0.833 bits per heavy atom. The van der Waals surface area contributed by atoms with Crippen molar-refractivity contribution >= 4 is 30.3 Å². The number of hydrogen-bond donors (Lipinski definition) is 2. The molecule has 4 N–H and O–H groups in total. The van der Waals surface area contributed by atoms with Crippen LogP contribution >= 0.6 is 0 Å². The van der Waals surface area contributed by atoms with Crippen LogP contribution in [-0.4, -0.2) is 21.2 Å². The lowest BCUT2D eigenvalue weighted by Crippen LogP contribution is -2.03. The Kier molecular flexibility index (Phi) is 3.29. The molecule has 0 saturated heterocycles. The van der Waals surface area contributed by atoms with Crippen molar-refractivity contribution in [3.8, 4) is 0 Å². The largest absolute Gasteiger partial charge is 0.368 e. The number of carbonyl (C=O) groups excluding carboxylic acids is 1. The maximum absolute atomic E-state index is 10.5. The zero-order chi connectivity index (χ0) is 13.0. The van der Waals surface area contributed by atoms with Gasteiger partial charge in [-0.3, -0.25) is 4.79 Å². The fourth-order valence-corrected chi connectivity index (χ4v) is 1.36. The fourth-order valence-electron chi connectivity index (χ4n) is 1.36. The average molecular weight is 241 g/mol. The lowest BCUT2D eigenvalue weighted by Gasteiger charge is -1.97. The summed E-state index contributed by atoms with van der Waals surface area (Å²) in [7, 11) is 0. The molecule has 6 nitrogen and oxygen atoms in total. The van der Waals surface area contributed by atoms with Gasteiger partial charge in [-0.2, -0.15) is 15.0 Å². The van der Waals surface area contributed by atoms with E-state index in [-0.39, 0.29) is 11.9 Å². The quantitative estimate of drug-likeness (QED) is 0.776. The molecule has 2 rings (SSSR count). The van der Waals surface area contributed by atoms with Gasteiger partial charge >= 0.3 is 0 Å². The molecule has 0 aliphatic rings. The minimum Gasteiger partial charge on any atom is -0.368 e. The molecule has 0 aliphatic heterocycles. The van der Waals surface area contributed by atoms with Gasteiger partial charge in [-0.1, -0.05) is 30.3 Å². The van der Waals surface area contributed by atoms with Crippen LogP contribution in [0.4, 0.5) is 11.9 Å². The van der Waals surface area contributed by atoms with Crippen molar-refractivity contribution in [3.05, 3.63) is 41.2 Å². The van der Waals surface area contributed by atoms with Gasteiger partial charge in [0.1, 0.15) is 6.29 Å². The van der Waals surface area contributed by atoms with Crippen LogP contribution in [0.5, 0.6) is 0 Å². The van der Waals surface area contributed by atoms with Crippen LogP contribution in [-0.2, 0) is 0 Å². The first-order valence-electron chi connectivity index (χ1n) is 5.18. The number of aldehydes is 1. The number of nitrogen functional groups attached to an aromatic ring is 2. The maximum Gasteiger partial charge on any atom is 0.225 e. The summed E-state index contributed by atoms with van der Waals surface area (Å²) >= 11 is 0. The van der Waals surface area contributed by atoms with E-state index < -0.39 is 0 Å². The second-order valence-electron chi connectivity index (χ2n) is 3.53. The van der Waals surface area contributed by atoms with E-state index in [4.69, 9.17) is 11.5 Å². The molecule has 0 spiro atoms. The van der Waals surface area contributed by atoms with Gasteiger partial charge in [0, 0.05) is 5.56 Å². The van der Waals surface area contributed by atoms with Crippen LogP contribution in [0.25, 0.3) is 12.2 Å². The zero-order valence-electron chi connectivity index (χ0n) is 9.45. The molecule has 0 atom stereocenters. The number of anilines is 2. The number of benzene rings is 1. The summed E-state index contributed by atoms with van der Waals surface area (Å²) in [6.07, 6.45) is 4.26. The first kappa shape index (κ1) is 11.7. The number of nitrogens with two attached hydrogens (primary N) is 2. The standard InChI is InChI=1S/C12H11N5O/c13-11-15-10(16-12(14)17-11)6-5-8-1-3-9(7-18)4-2-8/h1-7H,(H4,13,14,15,16,17)/b6-5+. The summed E-state index contributed by atoms with van der Waals surface area (Å²) < 4.78 is 0. The molecular weight excluding hydrogens is 230 g/mol. The third-order valence-corrected chi connectivity index (χ3v) is 2.18. The average Bonchev–Trinajstić information content (AvgIpc) is 2.36. The summed E-state index contributed by atoms with van der Waals surface area (Å²) in [4.78, 5) is 22.0. The van der Waals surface area contributed by atoms with Crippen LogP contribution in [0.15, 0.2) is 24.3 Å². The molecule has 0 bridgehead atoms. The molecule has 2 aromatic rings. The molecule has 1 heterocycles. The van der Waals surface area contributed by atoms with E-state index in [9.17, 15) is 4.79 Å². The second-order valence-corrected chi connectivity index (χ2v) is 3.53. The van der Waals surface area contributed by atoms with E-state index in [1.165, 1.54) is 0 Å². The smallest absolute Gasteiger partial charge is 0.225 e. The maximum atomic E-state index is 10.5. The summed E-state index contributed by atoms with van der Waals surface area (Å²) in [5, 5.41) is 0. The van der Waals surface area contributed by atoms with E-state index in [2.05, 4.69) is 15.0 Å². The van der Waals surface area contributed by atoms with Gasteiger partial charge < -0.3 is 11.5 Å². The lowest BCUT2D eigenvalue weighted by molar-refractivity contribution is 0.112. The highest BCUT2D eigenvalue weighted by Gasteiger charge is 1.97. The monoisotopic (exact) mass is 241 g/mol. The van der Waals surface area contributed by atoms with E-state index in [1.807, 2.05) is 12.1 Å². The van der Waals surface area contributed by atoms with Crippen LogP contribution in [0.1, 0.15) is 21.7 Å². The van der Waals surface area contributed by atoms with Gasteiger partial charge in [-0.05, 0) is 11.6 Å². The van der Waals surface area contributed by atoms with Gasteiger partial charge in [0.2, 0.25) is 11.9 Å². The molecule has 0 amide bonds. The van der Waals surface area contributed by atoms with Gasteiger partial charge in [-0.15, -0.1) is 0 Å². The molecule has 6 heteroatoms. The van der Waals surface area contributed by atoms with Crippen LogP contribution in [0.3, 0.4) is 0 Å². The first-order valence-corrected chi connectivity index (χ1v) is 5.18. The van der Waals surface area contributed by atoms with Crippen molar-refractivity contribution < 1.29 is 4.79 Å². The van der Waals surface area contributed by atoms with E-state index in [0.717, 1.165) is 11.8 Å². The Balaban J connectivity index is 2.21. The lowest BCUT2D eigenvalue weighted by atomic mass is 10.1. The third-order valence-electron chi connectivity index (χ3n) is 2.18. The summed E-state index contributed by atoms with van der Waals surface area (Å²) in [5.41, 5.74) is 12.4. The van der Waals surface area contributed by atoms with Crippen molar-refractivity contribution in [2.75, 3.05) is 11.5 Å². The third kappa shape index (κ3) is 2.88. The Labute approximate surface area is 103 Å². The molecule has 0 radical (unpaired) electrons. The molecule has 0 aliphatic carbocycles. The van der Waals surface area contributed by atoms with Crippen molar-refractivity contribution in [1.29, 1.82) is 0 Å². The predicted molar refractivity (Wildman–Crippen MR) is 69.4 cm³/mol. The van der Waals surface area contributed by atoms with Gasteiger partial charge in [0.15, 0.2) is 5.82 Å². The van der Waals surface area contributed by atoms with E-state index in [1.54, 1.807) is 24.3 Å². The normalized spacial score (nSPS) is 10.7. The Morgan fingerprint density at radius 2 is 1.39 bits per heavy atom. The SMILES string of the molecule is Nc1nc(N)nc(/C=C/c2ccc(C=O)cc2)n1. The summed E-state index contributed by atoms with van der Waals surface area (Å²) in [6.45, 7) is 0. The van der Waals surface area contributed by atoms with E-state index >= 15 is 0 Å². The number of hydrogen-bond acceptors (Lipinski definition) is 6. The predicted octanol–water partition coefficient (Wildman–Crippen LogP) is 1.02. The van der Waals surface area contributed by atoms with Crippen molar-refractivity contribution in [1.82, 2.24) is 15.0 Å². The highest BCUT2D eigenvalue weighted by atomic mass is 16.1. The van der Waals surface area contributed by atoms with Crippen LogP contribution < -0.4 is 11.5 Å². The highest BCUT2D eigenvalue weighted by Crippen LogP contribution is 2.08. The van der Waals surface area contributed by atoms with Gasteiger partial charge in [0.05, 0.1) is 0 Å². The minimum atomic E-state index is 0.0819. The van der Waals surface area contributed by atoms with Crippen molar-refractivity contribution in [3.63, 3.8) is 0 Å². The molecule has 0 fully saturated rings. The number of nitrogens with zero attached hydrogens (tertiary/aromatic N) is 3. The summed E-state index contributed by atoms with van der Waals surface area (Å²) in [6, 6.07) is 7.08. The molecule has 0 unspecified atom stereocenters. The number of rotatable bonds is 3. The summed E-state index contributed by atoms with van der Waals surface area (Å²) in [5.74, 6) is 0.552. The molecule has 0 saturated carbocycles. The van der Waals surface area contributed by atoms with Crippen LogP contribution in [0, 0.1) is 0 Å². The van der Waals surface area contributed by atoms with Crippen molar-refractivity contribution in [2.24, 2.45) is 0 Å². The van der Waals surface area contributed by atoms with Gasteiger partial charge in [-0.25, -0.2) is 0 Å². The van der Waals surface area contributed by atoms with Gasteiger partial charge in [0.25, 0.3) is 0 Å². The van der Waals surface area contributed by atoms with Crippen LogP contribution in [0.2, 0.25) is 0 Å². The Hall–Kier alpha value is -2.76. The highest BCUT2D eigenvalue weighted by molar-refractivity contribution is 5.76. The topological polar surface area (TPSA) is 108 Å². The molecule has 1 aromatic carbocycles. The minimum absolute atomic E-state index is 0.0819.